The van der Waals surface area contributed by atoms with E-state index in [2.05, 4.69) is 4.74 Å². The standard InChI is InChI=1S/C15H16N2O5/c1-9-3-4-10(17(19)20)7-12(9)14-6-5-11(22-14)8-13(16)15(18)21-2/h3-7,13H,8,16H2,1-2H3. The number of hydrogen-bond donors (Lipinski definition) is 1. The number of nitro benzene ring substituents is 1. The lowest BCUT2D eigenvalue weighted by atomic mass is 10.1. The van der Waals surface area contributed by atoms with Crippen LogP contribution in [0.2, 0.25) is 0 Å². The van der Waals surface area contributed by atoms with Crippen molar-refractivity contribution in [1.82, 2.24) is 0 Å². The summed E-state index contributed by atoms with van der Waals surface area (Å²) in [5, 5.41) is 10.9. The summed E-state index contributed by atoms with van der Waals surface area (Å²) in [5.74, 6) is 0.483. The van der Waals surface area contributed by atoms with Gasteiger partial charge in [0.2, 0.25) is 0 Å². The zero-order valence-electron chi connectivity index (χ0n) is 12.2. The Labute approximate surface area is 126 Å². The SMILES string of the molecule is COC(=O)C(N)Cc1ccc(-c2cc([N+](=O)[O-])ccc2C)o1. The molecule has 0 amide bonds. The lowest BCUT2D eigenvalue weighted by Crippen LogP contribution is -2.33. The van der Waals surface area contributed by atoms with E-state index in [9.17, 15) is 14.9 Å². The summed E-state index contributed by atoms with van der Waals surface area (Å²) < 4.78 is 10.2. The minimum atomic E-state index is -0.810. The Bertz CT molecular complexity index is 708. The Hall–Kier alpha value is -2.67. The molecule has 1 aromatic carbocycles. The highest BCUT2D eigenvalue weighted by Crippen LogP contribution is 2.29. The maximum absolute atomic E-state index is 11.3. The third-order valence-electron chi connectivity index (χ3n) is 3.28. The van der Waals surface area contributed by atoms with Gasteiger partial charge in [0, 0.05) is 24.1 Å². The van der Waals surface area contributed by atoms with Gasteiger partial charge in [-0.2, -0.15) is 0 Å². The normalized spacial score (nSPS) is 12.0. The van der Waals surface area contributed by atoms with E-state index in [1.807, 2.05) is 6.92 Å². The lowest BCUT2D eigenvalue weighted by molar-refractivity contribution is -0.384. The molecule has 7 heteroatoms. The van der Waals surface area contributed by atoms with Gasteiger partial charge in [-0.1, -0.05) is 6.07 Å². The topological polar surface area (TPSA) is 109 Å². The number of hydrogen-bond acceptors (Lipinski definition) is 6. The number of nitrogens with zero attached hydrogens (tertiary/aromatic N) is 1. The summed E-state index contributed by atoms with van der Waals surface area (Å²) >= 11 is 0. The molecule has 1 aromatic heterocycles. The number of methoxy groups -OCH3 is 1. The van der Waals surface area contributed by atoms with Crippen LogP contribution in [-0.4, -0.2) is 24.0 Å². The number of ether oxygens (including phenoxy) is 1. The van der Waals surface area contributed by atoms with E-state index in [-0.39, 0.29) is 12.1 Å². The molecule has 1 unspecified atom stereocenters. The molecular weight excluding hydrogens is 288 g/mol. The molecule has 0 spiro atoms. The zero-order valence-corrected chi connectivity index (χ0v) is 12.2. The van der Waals surface area contributed by atoms with Gasteiger partial charge in [0.1, 0.15) is 17.6 Å². The lowest BCUT2D eigenvalue weighted by Gasteiger charge is -2.07. The van der Waals surface area contributed by atoms with E-state index in [4.69, 9.17) is 10.2 Å². The second kappa shape index (κ2) is 6.40. The van der Waals surface area contributed by atoms with E-state index >= 15 is 0 Å². The molecule has 1 heterocycles. The molecule has 0 saturated carbocycles. The summed E-state index contributed by atoms with van der Waals surface area (Å²) in [6, 6.07) is 7.14. The molecule has 2 rings (SSSR count). The molecule has 0 aliphatic heterocycles. The van der Waals surface area contributed by atoms with Crippen molar-refractivity contribution in [2.24, 2.45) is 5.73 Å². The predicted molar refractivity (Wildman–Crippen MR) is 79.2 cm³/mol. The Morgan fingerprint density at radius 2 is 2.14 bits per heavy atom. The van der Waals surface area contributed by atoms with E-state index in [1.165, 1.54) is 19.2 Å². The summed E-state index contributed by atoms with van der Waals surface area (Å²) in [6.07, 6.45) is 0.195. The van der Waals surface area contributed by atoms with Crippen molar-refractivity contribution in [3.8, 4) is 11.3 Å². The Kier molecular flexibility index (Phi) is 4.57. The summed E-state index contributed by atoms with van der Waals surface area (Å²) in [5.41, 5.74) is 7.15. The fourth-order valence-corrected chi connectivity index (χ4v) is 2.07. The molecular formula is C15H16N2O5. The number of rotatable bonds is 5. The minimum absolute atomic E-state index is 0.00943. The van der Waals surface area contributed by atoms with Crippen LogP contribution in [-0.2, 0) is 16.0 Å². The molecule has 1 atom stereocenters. The van der Waals surface area contributed by atoms with Gasteiger partial charge in [-0.3, -0.25) is 14.9 Å². The third kappa shape index (κ3) is 3.32. The Balaban J connectivity index is 2.26. The molecule has 0 aliphatic rings. The van der Waals surface area contributed by atoms with Crippen molar-refractivity contribution in [3.63, 3.8) is 0 Å². The van der Waals surface area contributed by atoms with Crippen LogP contribution in [0.3, 0.4) is 0 Å². The molecule has 0 fully saturated rings. The molecule has 7 nitrogen and oxygen atoms in total. The van der Waals surface area contributed by atoms with Crippen LogP contribution in [0.4, 0.5) is 5.69 Å². The molecule has 2 aromatic rings. The van der Waals surface area contributed by atoms with Crippen LogP contribution in [0.25, 0.3) is 11.3 Å². The summed E-state index contributed by atoms with van der Waals surface area (Å²) in [6.45, 7) is 1.83. The van der Waals surface area contributed by atoms with Crippen molar-refractivity contribution in [1.29, 1.82) is 0 Å². The second-order valence-electron chi connectivity index (χ2n) is 4.86. The van der Waals surface area contributed by atoms with Crippen molar-refractivity contribution in [3.05, 3.63) is 51.8 Å². The Morgan fingerprint density at radius 3 is 2.77 bits per heavy atom. The highest BCUT2D eigenvalue weighted by atomic mass is 16.6. The first-order chi connectivity index (χ1) is 10.4. The van der Waals surface area contributed by atoms with Gasteiger partial charge in [-0.05, 0) is 24.6 Å². The monoisotopic (exact) mass is 304 g/mol. The summed E-state index contributed by atoms with van der Waals surface area (Å²) in [7, 11) is 1.27. The third-order valence-corrected chi connectivity index (χ3v) is 3.28. The molecule has 2 N–H and O–H groups in total. The smallest absolute Gasteiger partial charge is 0.323 e. The van der Waals surface area contributed by atoms with Crippen molar-refractivity contribution in [2.75, 3.05) is 7.11 Å². The summed E-state index contributed by atoms with van der Waals surface area (Å²) in [4.78, 5) is 21.7. The minimum Gasteiger partial charge on any atom is -0.468 e. The molecule has 116 valence electrons. The van der Waals surface area contributed by atoms with Crippen molar-refractivity contribution in [2.45, 2.75) is 19.4 Å². The maximum Gasteiger partial charge on any atom is 0.323 e. The Morgan fingerprint density at radius 1 is 1.41 bits per heavy atom. The van der Waals surface area contributed by atoms with Gasteiger partial charge in [0.25, 0.3) is 5.69 Å². The maximum atomic E-state index is 11.3. The van der Waals surface area contributed by atoms with Crippen LogP contribution in [0, 0.1) is 17.0 Å². The quantitative estimate of drug-likeness (QED) is 0.515. The van der Waals surface area contributed by atoms with E-state index < -0.39 is 16.9 Å². The number of non-ortho nitro benzene ring substituents is 1. The first-order valence-electron chi connectivity index (χ1n) is 6.60. The van der Waals surface area contributed by atoms with Crippen LogP contribution in [0.15, 0.2) is 34.7 Å². The van der Waals surface area contributed by atoms with Gasteiger partial charge < -0.3 is 14.9 Å². The second-order valence-corrected chi connectivity index (χ2v) is 4.86. The van der Waals surface area contributed by atoms with Gasteiger partial charge >= 0.3 is 5.97 Å². The number of nitro groups is 1. The molecule has 0 bridgehead atoms. The number of nitrogens with two attached hydrogens (primary N) is 1. The predicted octanol–water partition coefficient (Wildman–Crippen LogP) is 2.21. The highest BCUT2D eigenvalue weighted by Gasteiger charge is 2.18. The number of aryl methyl sites for hydroxylation is 1. The number of esters is 1. The number of carbonyl (C=O) groups excluding carboxylic acids is 1. The highest BCUT2D eigenvalue weighted by molar-refractivity contribution is 5.75. The largest absolute Gasteiger partial charge is 0.468 e. The average molecular weight is 304 g/mol. The number of benzene rings is 1. The van der Waals surface area contributed by atoms with Crippen molar-refractivity contribution >= 4 is 11.7 Å². The van der Waals surface area contributed by atoms with Crippen LogP contribution >= 0.6 is 0 Å². The van der Waals surface area contributed by atoms with Gasteiger partial charge in [0.15, 0.2) is 0 Å². The number of carbonyl (C=O) groups is 1. The molecule has 0 aliphatic carbocycles. The van der Waals surface area contributed by atoms with E-state index in [0.717, 1.165) is 5.56 Å². The van der Waals surface area contributed by atoms with Gasteiger partial charge in [-0.25, -0.2) is 0 Å². The average Bonchev–Trinajstić information content (AvgIpc) is 2.94. The van der Waals surface area contributed by atoms with Gasteiger partial charge in [0.05, 0.1) is 12.0 Å². The van der Waals surface area contributed by atoms with Crippen molar-refractivity contribution < 1.29 is 18.9 Å². The molecule has 0 radical (unpaired) electrons. The van der Waals surface area contributed by atoms with E-state index in [0.29, 0.717) is 17.1 Å². The van der Waals surface area contributed by atoms with E-state index in [1.54, 1.807) is 18.2 Å². The fourth-order valence-electron chi connectivity index (χ4n) is 2.07. The van der Waals surface area contributed by atoms with Crippen LogP contribution in [0.1, 0.15) is 11.3 Å². The molecule has 22 heavy (non-hydrogen) atoms. The molecule has 0 saturated heterocycles. The number of furan rings is 1. The van der Waals surface area contributed by atoms with Crippen LogP contribution in [0.5, 0.6) is 0 Å². The van der Waals surface area contributed by atoms with Crippen LogP contribution < -0.4 is 5.73 Å². The first kappa shape index (κ1) is 15.7. The first-order valence-corrected chi connectivity index (χ1v) is 6.60. The fraction of sp³-hybridized carbons (Fsp3) is 0.267. The zero-order chi connectivity index (χ0) is 16.3. The van der Waals surface area contributed by atoms with Gasteiger partial charge in [-0.15, -0.1) is 0 Å².